The van der Waals surface area contributed by atoms with Crippen molar-refractivity contribution in [1.29, 1.82) is 0 Å². The van der Waals surface area contributed by atoms with E-state index in [1.807, 2.05) is 36.4 Å². The molecule has 0 aliphatic carbocycles. The first kappa shape index (κ1) is 36.1. The van der Waals surface area contributed by atoms with Gasteiger partial charge in [-0.25, -0.2) is 4.57 Å². The lowest BCUT2D eigenvalue weighted by atomic mass is 9.80. The minimum Gasteiger partial charge on any atom is -0.421 e. The van der Waals surface area contributed by atoms with E-state index in [9.17, 15) is 9.46 Å². The summed E-state index contributed by atoms with van der Waals surface area (Å²) >= 11 is 0. The monoisotopic (exact) mass is 618 g/mol. The van der Waals surface area contributed by atoms with Crippen LogP contribution in [0.3, 0.4) is 0 Å². The lowest BCUT2D eigenvalue weighted by Gasteiger charge is -2.26. The third-order valence-corrected chi connectivity index (χ3v) is 10.2. The molecule has 0 aliphatic heterocycles. The van der Waals surface area contributed by atoms with Crippen LogP contribution in [0.25, 0.3) is 11.1 Å². The molecule has 0 radical (unpaired) electrons. The summed E-state index contributed by atoms with van der Waals surface area (Å²) in [5.74, 6) is 0.534. The Labute approximate surface area is 269 Å². The molecule has 0 saturated heterocycles. The number of para-hydroxylation sites is 1. The highest BCUT2D eigenvalue weighted by Gasteiger charge is 2.31. The van der Waals surface area contributed by atoms with Crippen molar-refractivity contribution in [2.45, 2.75) is 143 Å². The van der Waals surface area contributed by atoms with E-state index in [4.69, 9.17) is 4.52 Å². The maximum Gasteiger partial charge on any atom is 0.408 e. The van der Waals surface area contributed by atoms with Gasteiger partial charge in [-0.15, -0.1) is 0 Å². The van der Waals surface area contributed by atoms with Gasteiger partial charge in [0.2, 0.25) is 0 Å². The highest BCUT2D eigenvalue weighted by Crippen LogP contribution is 2.46. The molecule has 0 fully saturated rings. The van der Waals surface area contributed by atoms with Crippen LogP contribution in [0.1, 0.15) is 141 Å². The average Bonchev–Trinajstić information content (AvgIpc) is 3.00. The van der Waals surface area contributed by atoms with Gasteiger partial charge in [0.15, 0.2) is 0 Å². The molecule has 0 amide bonds. The molecular weight excluding hydrogens is 559 g/mol. The van der Waals surface area contributed by atoms with Crippen molar-refractivity contribution >= 4 is 12.9 Å². The predicted octanol–water partition coefficient (Wildman–Crippen LogP) is 12.1. The van der Waals surface area contributed by atoms with Gasteiger partial charge in [-0.2, -0.15) is 0 Å². The van der Waals surface area contributed by atoms with Gasteiger partial charge < -0.3 is 9.42 Å². The number of benzene rings is 3. The van der Waals surface area contributed by atoms with Crippen molar-refractivity contribution in [3.63, 3.8) is 0 Å². The molecule has 0 bridgehead atoms. The Kier molecular flexibility index (Phi) is 15.3. The van der Waals surface area contributed by atoms with Crippen LogP contribution in [-0.2, 0) is 22.8 Å². The molecule has 1 atom stereocenters. The van der Waals surface area contributed by atoms with Crippen molar-refractivity contribution < 1.29 is 14.0 Å². The van der Waals surface area contributed by atoms with Crippen LogP contribution < -0.4 is 9.83 Å². The van der Waals surface area contributed by atoms with E-state index in [-0.39, 0.29) is 5.41 Å². The number of hydrogen-bond acceptors (Lipinski definition) is 2. The van der Waals surface area contributed by atoms with Crippen LogP contribution in [0, 0.1) is 0 Å². The minimum absolute atomic E-state index is 0.0580. The van der Waals surface area contributed by atoms with E-state index in [1.165, 1.54) is 76.2 Å². The number of aryl methyl sites for hydroxylation is 1. The van der Waals surface area contributed by atoms with Crippen molar-refractivity contribution in [2.75, 3.05) is 0 Å². The summed E-state index contributed by atoms with van der Waals surface area (Å²) in [6.45, 7) is 11.2. The second-order valence-electron chi connectivity index (χ2n) is 13.6. The van der Waals surface area contributed by atoms with Crippen molar-refractivity contribution in [3.05, 3.63) is 83.4 Å². The van der Waals surface area contributed by atoms with Gasteiger partial charge in [0.05, 0.1) is 5.30 Å². The zero-order chi connectivity index (χ0) is 31.8. The van der Waals surface area contributed by atoms with E-state index in [0.717, 1.165) is 54.4 Å². The Hall–Kier alpha value is -2.35. The predicted molar refractivity (Wildman–Crippen MR) is 191 cm³/mol. The third-order valence-electron chi connectivity index (χ3n) is 8.76. The van der Waals surface area contributed by atoms with E-state index in [2.05, 4.69) is 65.0 Å². The highest BCUT2D eigenvalue weighted by atomic mass is 31.2. The largest absolute Gasteiger partial charge is 0.421 e. The van der Waals surface area contributed by atoms with Crippen molar-refractivity contribution in [1.82, 2.24) is 0 Å². The Morgan fingerprint density at radius 2 is 1.14 bits per heavy atom. The van der Waals surface area contributed by atoms with Gasteiger partial charge >= 0.3 is 7.60 Å². The molecule has 3 aromatic rings. The topological polar surface area (TPSA) is 46.5 Å². The summed E-state index contributed by atoms with van der Waals surface area (Å²) in [6.07, 6.45) is 18.7. The van der Waals surface area contributed by atoms with E-state index < -0.39 is 7.60 Å². The van der Waals surface area contributed by atoms with Crippen molar-refractivity contribution in [3.8, 4) is 16.9 Å². The van der Waals surface area contributed by atoms with Crippen LogP contribution in [0.5, 0.6) is 5.75 Å². The van der Waals surface area contributed by atoms with Crippen molar-refractivity contribution in [2.24, 2.45) is 0 Å². The Morgan fingerprint density at radius 3 is 1.77 bits per heavy atom. The molecule has 0 saturated carbocycles. The van der Waals surface area contributed by atoms with E-state index in [0.29, 0.717) is 11.1 Å². The molecule has 3 nitrogen and oxygen atoms in total. The van der Waals surface area contributed by atoms with Crippen LogP contribution in [0.4, 0.5) is 0 Å². The van der Waals surface area contributed by atoms with Crippen LogP contribution >= 0.6 is 7.60 Å². The first-order valence-electron chi connectivity index (χ1n) is 17.5. The fraction of sp³-hybridized carbons (Fsp3) is 0.550. The normalized spacial score (nSPS) is 13.1. The standard InChI is InChI=1S/C40H59O3P/c1-6-8-10-12-14-16-18-25-33-26-20-23-31-38(33)43-44(41,42)39-32-24-29-34(35-27-21-22-30-37(35)40(3,4)5)36(39)28-19-17-15-13-11-9-7-2/h20-24,26-27,29-32H,6-19,25,28H2,1-5H3,(H,41,42). The van der Waals surface area contributed by atoms with E-state index in [1.54, 1.807) is 0 Å². The summed E-state index contributed by atoms with van der Waals surface area (Å²) in [6, 6.07) is 22.2. The average molecular weight is 619 g/mol. The molecule has 0 heterocycles. The minimum atomic E-state index is -4.16. The second-order valence-corrected chi connectivity index (χ2v) is 15.3. The number of rotatable bonds is 20. The molecule has 0 aliphatic rings. The van der Waals surface area contributed by atoms with Crippen LogP contribution in [0.15, 0.2) is 66.7 Å². The SMILES string of the molecule is CCCCCCCCCc1ccccc1OP(=O)(O)c1cccc(-c2ccccc2C(C)(C)C)c1CCCCCCCCC. The summed E-state index contributed by atoms with van der Waals surface area (Å²) < 4.78 is 20.4. The van der Waals surface area contributed by atoms with Gasteiger partial charge in [0.1, 0.15) is 5.75 Å². The number of unbranched alkanes of at least 4 members (excludes halogenated alkanes) is 12. The lowest BCUT2D eigenvalue weighted by Crippen LogP contribution is -2.18. The molecule has 44 heavy (non-hydrogen) atoms. The first-order chi connectivity index (χ1) is 21.2. The van der Waals surface area contributed by atoms with Gasteiger partial charge in [0.25, 0.3) is 0 Å². The summed E-state index contributed by atoms with van der Waals surface area (Å²) in [5.41, 5.74) is 5.34. The summed E-state index contributed by atoms with van der Waals surface area (Å²) in [5, 5.41) is 0.440. The molecule has 3 rings (SSSR count). The van der Waals surface area contributed by atoms with Gasteiger partial charge in [0, 0.05) is 0 Å². The zero-order valence-corrected chi connectivity index (χ0v) is 29.3. The molecule has 1 unspecified atom stereocenters. The smallest absolute Gasteiger partial charge is 0.408 e. The third kappa shape index (κ3) is 11.2. The second kappa shape index (κ2) is 18.6. The Balaban J connectivity index is 1.88. The maximum atomic E-state index is 14.2. The molecule has 4 heteroatoms. The van der Waals surface area contributed by atoms with Gasteiger partial charge in [-0.05, 0) is 71.0 Å². The van der Waals surface area contributed by atoms with Crippen LogP contribution in [0.2, 0.25) is 0 Å². The Morgan fingerprint density at radius 1 is 0.614 bits per heavy atom. The quantitative estimate of drug-likeness (QED) is 0.101. The highest BCUT2D eigenvalue weighted by molar-refractivity contribution is 7.61. The first-order valence-corrected chi connectivity index (χ1v) is 19.1. The number of hydrogen-bond donors (Lipinski definition) is 1. The molecule has 242 valence electrons. The van der Waals surface area contributed by atoms with Crippen LogP contribution in [-0.4, -0.2) is 4.89 Å². The molecule has 1 N–H and O–H groups in total. The fourth-order valence-corrected chi connectivity index (χ4v) is 7.63. The Bertz CT molecular complexity index is 1310. The maximum absolute atomic E-state index is 14.2. The lowest BCUT2D eigenvalue weighted by molar-refractivity contribution is 0.391. The van der Waals surface area contributed by atoms with Gasteiger partial charge in [-0.3, -0.25) is 0 Å². The summed E-state index contributed by atoms with van der Waals surface area (Å²) in [4.78, 5) is 11.7. The molecule has 0 spiro atoms. The summed E-state index contributed by atoms with van der Waals surface area (Å²) in [7, 11) is -4.16. The molecule has 3 aromatic carbocycles. The van der Waals surface area contributed by atoms with Gasteiger partial charge in [-0.1, -0.05) is 166 Å². The van der Waals surface area contributed by atoms with E-state index >= 15 is 0 Å². The molecular formula is C40H59O3P. The fourth-order valence-electron chi connectivity index (χ4n) is 6.24. The zero-order valence-electron chi connectivity index (χ0n) is 28.4. The molecule has 0 aromatic heterocycles.